The molecule has 8 heteroatoms. The molecule has 4 rings (SSSR count). The second-order valence-electron chi connectivity index (χ2n) is 7.05. The Bertz CT molecular complexity index is 1040. The monoisotopic (exact) mass is 396 g/mol. The van der Waals surface area contributed by atoms with Gasteiger partial charge in [-0.3, -0.25) is 4.79 Å². The molecule has 1 saturated heterocycles. The SMILES string of the molecule is Cc1ccc(CNC(=O)c2cc(F)cc(-c3nccc(N4CCC(O)C4)n3)c2)o1. The first-order valence-electron chi connectivity index (χ1n) is 9.38. The van der Waals surface area contributed by atoms with Crippen LogP contribution in [0.1, 0.15) is 28.3 Å². The Balaban J connectivity index is 1.54. The minimum absolute atomic E-state index is 0.175. The van der Waals surface area contributed by atoms with Crippen LogP contribution in [0, 0.1) is 12.7 Å². The fourth-order valence-corrected chi connectivity index (χ4v) is 3.31. The van der Waals surface area contributed by atoms with Crippen LogP contribution in [0.3, 0.4) is 0 Å². The first-order chi connectivity index (χ1) is 14.0. The van der Waals surface area contributed by atoms with Crippen molar-refractivity contribution in [2.75, 3.05) is 18.0 Å². The van der Waals surface area contributed by atoms with Gasteiger partial charge in [0.2, 0.25) is 0 Å². The summed E-state index contributed by atoms with van der Waals surface area (Å²) < 4.78 is 19.6. The number of benzene rings is 1. The van der Waals surface area contributed by atoms with E-state index in [1.54, 1.807) is 24.4 Å². The summed E-state index contributed by atoms with van der Waals surface area (Å²) in [7, 11) is 0. The second kappa shape index (κ2) is 8.00. The maximum atomic E-state index is 14.2. The molecule has 0 spiro atoms. The molecule has 0 radical (unpaired) electrons. The number of rotatable bonds is 5. The number of aliphatic hydroxyl groups is 1. The van der Waals surface area contributed by atoms with Crippen LogP contribution < -0.4 is 10.2 Å². The van der Waals surface area contributed by atoms with Crippen LogP contribution >= 0.6 is 0 Å². The Hall–Kier alpha value is -3.26. The van der Waals surface area contributed by atoms with Crippen molar-refractivity contribution in [3.05, 3.63) is 65.5 Å². The molecular formula is C21H21FN4O3. The normalized spacial score (nSPS) is 16.2. The van der Waals surface area contributed by atoms with E-state index < -0.39 is 11.7 Å². The smallest absolute Gasteiger partial charge is 0.251 e. The molecule has 1 fully saturated rings. The third-order valence-corrected chi connectivity index (χ3v) is 4.77. The minimum Gasteiger partial charge on any atom is -0.465 e. The molecule has 0 bridgehead atoms. The fraction of sp³-hybridized carbons (Fsp3) is 0.286. The summed E-state index contributed by atoms with van der Waals surface area (Å²) in [6, 6.07) is 9.37. The van der Waals surface area contributed by atoms with Crippen molar-refractivity contribution in [3.8, 4) is 11.4 Å². The number of aryl methyl sites for hydroxylation is 1. The van der Waals surface area contributed by atoms with E-state index in [1.165, 1.54) is 12.1 Å². The average Bonchev–Trinajstić information content (AvgIpc) is 3.34. The number of furan rings is 1. The van der Waals surface area contributed by atoms with E-state index >= 15 is 0 Å². The molecule has 29 heavy (non-hydrogen) atoms. The number of hydrogen-bond acceptors (Lipinski definition) is 6. The lowest BCUT2D eigenvalue weighted by molar-refractivity contribution is 0.0947. The van der Waals surface area contributed by atoms with Gasteiger partial charge in [0.15, 0.2) is 5.82 Å². The highest BCUT2D eigenvalue weighted by molar-refractivity contribution is 5.95. The lowest BCUT2D eigenvalue weighted by atomic mass is 10.1. The molecule has 7 nitrogen and oxygen atoms in total. The van der Waals surface area contributed by atoms with Crippen molar-refractivity contribution >= 4 is 11.7 Å². The summed E-state index contributed by atoms with van der Waals surface area (Å²) in [6.07, 6.45) is 1.89. The van der Waals surface area contributed by atoms with Crippen molar-refractivity contribution in [2.45, 2.75) is 26.0 Å². The number of amides is 1. The molecule has 2 aromatic heterocycles. The Morgan fingerprint density at radius 2 is 2.21 bits per heavy atom. The van der Waals surface area contributed by atoms with Crippen LogP contribution in [0.25, 0.3) is 11.4 Å². The van der Waals surface area contributed by atoms with Crippen LogP contribution in [-0.2, 0) is 6.54 Å². The van der Waals surface area contributed by atoms with Crippen molar-refractivity contribution in [1.29, 1.82) is 0 Å². The quantitative estimate of drug-likeness (QED) is 0.689. The van der Waals surface area contributed by atoms with Gasteiger partial charge in [0.1, 0.15) is 23.2 Å². The highest BCUT2D eigenvalue weighted by Gasteiger charge is 2.22. The number of aliphatic hydroxyl groups excluding tert-OH is 1. The van der Waals surface area contributed by atoms with Crippen molar-refractivity contribution in [3.63, 3.8) is 0 Å². The molecule has 3 aromatic rings. The lowest BCUT2D eigenvalue weighted by Crippen LogP contribution is -2.23. The van der Waals surface area contributed by atoms with E-state index in [-0.39, 0.29) is 18.2 Å². The number of aromatic nitrogens is 2. The van der Waals surface area contributed by atoms with Crippen LogP contribution in [0.4, 0.5) is 10.2 Å². The van der Waals surface area contributed by atoms with Gasteiger partial charge in [0, 0.05) is 30.4 Å². The number of anilines is 1. The van der Waals surface area contributed by atoms with E-state index in [0.29, 0.717) is 42.5 Å². The van der Waals surface area contributed by atoms with Crippen LogP contribution in [0.5, 0.6) is 0 Å². The van der Waals surface area contributed by atoms with Gasteiger partial charge < -0.3 is 19.7 Å². The topological polar surface area (TPSA) is 91.5 Å². The Morgan fingerprint density at radius 3 is 2.93 bits per heavy atom. The first-order valence-corrected chi connectivity index (χ1v) is 9.38. The average molecular weight is 396 g/mol. The lowest BCUT2D eigenvalue weighted by Gasteiger charge is -2.17. The summed E-state index contributed by atoms with van der Waals surface area (Å²) in [5, 5.41) is 12.4. The summed E-state index contributed by atoms with van der Waals surface area (Å²) in [5.41, 5.74) is 0.583. The summed E-state index contributed by atoms with van der Waals surface area (Å²) >= 11 is 0. The molecule has 1 atom stereocenters. The Labute approximate surface area is 167 Å². The van der Waals surface area contributed by atoms with Crippen LogP contribution in [-0.4, -0.2) is 40.2 Å². The Kier molecular flexibility index (Phi) is 5.26. The number of halogens is 1. The minimum atomic E-state index is -0.549. The number of nitrogens with one attached hydrogen (secondary N) is 1. The Morgan fingerprint density at radius 1 is 1.34 bits per heavy atom. The maximum absolute atomic E-state index is 14.2. The second-order valence-corrected chi connectivity index (χ2v) is 7.05. The largest absolute Gasteiger partial charge is 0.465 e. The van der Waals surface area contributed by atoms with E-state index in [4.69, 9.17) is 4.42 Å². The summed E-state index contributed by atoms with van der Waals surface area (Å²) in [6.45, 7) is 3.23. The predicted molar refractivity (Wildman–Crippen MR) is 105 cm³/mol. The molecule has 1 aliphatic rings. The van der Waals surface area contributed by atoms with Gasteiger partial charge in [0.25, 0.3) is 5.91 Å². The molecule has 1 unspecified atom stereocenters. The van der Waals surface area contributed by atoms with E-state index in [1.807, 2.05) is 17.9 Å². The number of β-amino-alcohol motifs (C(OH)–C–C–N with tert-alkyl or cyclic N) is 1. The molecular weight excluding hydrogens is 375 g/mol. The third kappa shape index (κ3) is 4.43. The van der Waals surface area contributed by atoms with Gasteiger partial charge in [0.05, 0.1) is 12.6 Å². The molecule has 0 aliphatic carbocycles. The zero-order valence-corrected chi connectivity index (χ0v) is 15.9. The molecule has 1 amide bonds. The van der Waals surface area contributed by atoms with E-state index in [2.05, 4.69) is 15.3 Å². The van der Waals surface area contributed by atoms with Gasteiger partial charge in [-0.25, -0.2) is 14.4 Å². The molecule has 1 aliphatic heterocycles. The highest BCUT2D eigenvalue weighted by atomic mass is 19.1. The van der Waals surface area contributed by atoms with Crippen LogP contribution in [0.15, 0.2) is 47.0 Å². The van der Waals surface area contributed by atoms with Crippen LogP contribution in [0.2, 0.25) is 0 Å². The molecule has 2 N–H and O–H groups in total. The van der Waals surface area contributed by atoms with Gasteiger partial charge in [-0.05, 0) is 49.7 Å². The zero-order chi connectivity index (χ0) is 20.4. The number of hydrogen-bond donors (Lipinski definition) is 2. The summed E-state index contributed by atoms with van der Waals surface area (Å²) in [4.78, 5) is 23.1. The highest BCUT2D eigenvalue weighted by Crippen LogP contribution is 2.23. The third-order valence-electron chi connectivity index (χ3n) is 4.77. The van der Waals surface area contributed by atoms with Gasteiger partial charge in [-0.15, -0.1) is 0 Å². The molecule has 3 heterocycles. The first kappa shape index (κ1) is 19.1. The van der Waals surface area contributed by atoms with Crippen molar-refractivity contribution < 1.29 is 18.7 Å². The van der Waals surface area contributed by atoms with Crippen molar-refractivity contribution in [1.82, 2.24) is 15.3 Å². The zero-order valence-electron chi connectivity index (χ0n) is 15.9. The van der Waals surface area contributed by atoms with E-state index in [9.17, 15) is 14.3 Å². The van der Waals surface area contributed by atoms with Gasteiger partial charge in [-0.2, -0.15) is 0 Å². The molecule has 0 saturated carbocycles. The molecule has 150 valence electrons. The maximum Gasteiger partial charge on any atom is 0.251 e. The standard InChI is InChI=1S/C21H21FN4O3/c1-13-2-3-18(29-13)11-24-21(28)15-8-14(9-16(22)10-15)20-23-6-4-19(25-20)26-7-5-17(27)12-26/h2-4,6,8-10,17,27H,5,7,11-12H2,1H3,(H,24,28). The summed E-state index contributed by atoms with van der Waals surface area (Å²) in [5.74, 6) is 1.39. The van der Waals surface area contributed by atoms with Crippen molar-refractivity contribution in [2.24, 2.45) is 0 Å². The van der Waals surface area contributed by atoms with Gasteiger partial charge in [-0.1, -0.05) is 0 Å². The molecule has 1 aromatic carbocycles. The fourth-order valence-electron chi connectivity index (χ4n) is 3.31. The number of carbonyl (C=O) groups excluding carboxylic acids is 1. The van der Waals surface area contributed by atoms with E-state index in [0.717, 1.165) is 5.76 Å². The number of carbonyl (C=O) groups is 1. The van der Waals surface area contributed by atoms with Gasteiger partial charge >= 0.3 is 0 Å². The predicted octanol–water partition coefficient (Wildman–Crippen LogP) is 2.69. The number of nitrogens with zero attached hydrogens (tertiary/aromatic N) is 3.